The summed E-state index contributed by atoms with van der Waals surface area (Å²) in [6.07, 6.45) is -0.528. The third-order valence-electron chi connectivity index (χ3n) is 2.44. The predicted octanol–water partition coefficient (Wildman–Crippen LogP) is 2.61. The molecule has 1 atom stereocenters. The zero-order valence-corrected chi connectivity index (χ0v) is 12.8. The van der Waals surface area contributed by atoms with Crippen LogP contribution in [0.4, 0.5) is 9.18 Å². The lowest BCUT2D eigenvalue weighted by atomic mass is 10.2. The lowest BCUT2D eigenvalue weighted by Crippen LogP contribution is -2.40. The van der Waals surface area contributed by atoms with Crippen LogP contribution in [0.2, 0.25) is 0 Å². The maximum atomic E-state index is 13.0. The molecule has 0 saturated carbocycles. The molecule has 5 nitrogen and oxygen atoms in total. The van der Waals surface area contributed by atoms with Crippen molar-refractivity contribution in [2.75, 3.05) is 6.61 Å². The molecule has 0 aliphatic heterocycles. The molecule has 1 rings (SSSR count). The average Bonchev–Trinajstić information content (AvgIpc) is 2.34. The highest BCUT2D eigenvalue weighted by Gasteiger charge is 2.18. The van der Waals surface area contributed by atoms with Crippen LogP contribution in [0.5, 0.6) is 5.75 Å². The molecule has 0 bridgehead atoms. The Morgan fingerprint density at radius 1 is 1.43 bits per heavy atom. The van der Waals surface area contributed by atoms with E-state index in [1.165, 1.54) is 18.2 Å². The van der Waals surface area contributed by atoms with Crippen molar-refractivity contribution in [1.82, 2.24) is 5.32 Å². The number of rotatable bonds is 5. The smallest absolute Gasteiger partial charge is 0.407 e. The molecular weight excluding hydrogens is 277 g/mol. The summed E-state index contributed by atoms with van der Waals surface area (Å²) >= 11 is 0. The molecule has 1 aromatic rings. The maximum Gasteiger partial charge on any atom is 0.407 e. The molecular formula is C15H22FNO4. The summed E-state index contributed by atoms with van der Waals surface area (Å²) < 4.78 is 23.6. The fraction of sp³-hybridized carbons (Fsp3) is 0.533. The van der Waals surface area contributed by atoms with Gasteiger partial charge in [0.1, 0.15) is 23.8 Å². The van der Waals surface area contributed by atoms with Crippen LogP contribution in [0.3, 0.4) is 0 Å². The van der Waals surface area contributed by atoms with E-state index in [1.807, 2.05) is 0 Å². The number of halogens is 1. The summed E-state index contributed by atoms with van der Waals surface area (Å²) in [5.74, 6) is -0.0527. The van der Waals surface area contributed by atoms with Crippen molar-refractivity contribution in [1.29, 1.82) is 0 Å². The van der Waals surface area contributed by atoms with Gasteiger partial charge in [-0.2, -0.15) is 0 Å². The Morgan fingerprint density at radius 2 is 2.10 bits per heavy atom. The number of carbonyl (C=O) groups is 1. The van der Waals surface area contributed by atoms with Crippen LogP contribution in [-0.4, -0.2) is 29.4 Å². The fourth-order valence-corrected chi connectivity index (χ4v) is 1.58. The number of hydrogen-bond donors (Lipinski definition) is 2. The molecule has 0 aliphatic rings. The van der Waals surface area contributed by atoms with E-state index < -0.39 is 17.5 Å². The maximum absolute atomic E-state index is 13.0. The highest BCUT2D eigenvalue weighted by molar-refractivity contribution is 5.68. The molecule has 6 heteroatoms. The minimum Gasteiger partial charge on any atom is -0.491 e. The van der Waals surface area contributed by atoms with Crippen LogP contribution in [0.25, 0.3) is 0 Å². The monoisotopic (exact) mass is 299 g/mol. The number of ether oxygens (including phenoxy) is 2. The second kappa shape index (κ2) is 7.26. The first-order chi connectivity index (χ1) is 9.71. The summed E-state index contributed by atoms with van der Waals surface area (Å²) in [6.45, 7) is 6.95. The van der Waals surface area contributed by atoms with E-state index in [1.54, 1.807) is 27.7 Å². The molecule has 0 spiro atoms. The first-order valence-electron chi connectivity index (χ1n) is 6.73. The predicted molar refractivity (Wildman–Crippen MR) is 76.6 cm³/mol. The van der Waals surface area contributed by atoms with Gasteiger partial charge in [-0.25, -0.2) is 9.18 Å². The number of aliphatic hydroxyl groups excluding tert-OH is 1. The Hall–Kier alpha value is -1.82. The van der Waals surface area contributed by atoms with Gasteiger partial charge in [0.25, 0.3) is 0 Å². The lowest BCUT2D eigenvalue weighted by Gasteiger charge is -2.22. The van der Waals surface area contributed by atoms with Crippen molar-refractivity contribution in [2.24, 2.45) is 0 Å². The van der Waals surface area contributed by atoms with Crippen molar-refractivity contribution >= 4 is 6.09 Å². The number of amides is 1. The van der Waals surface area contributed by atoms with E-state index in [-0.39, 0.29) is 19.3 Å². The molecule has 1 amide bonds. The Labute approximate surface area is 124 Å². The quantitative estimate of drug-likeness (QED) is 0.877. The normalized spacial score (nSPS) is 12.7. The molecule has 21 heavy (non-hydrogen) atoms. The standard InChI is InChI=1S/C15H22FNO4/c1-10(17-14(19)21-15(2,3)4)9-20-13-6-5-12(16)7-11(13)8-18/h5-7,10,18H,8-9H2,1-4H3,(H,17,19)/t10-/m1/s1. The minimum atomic E-state index is -0.564. The van der Waals surface area contributed by atoms with Crippen LogP contribution < -0.4 is 10.1 Å². The van der Waals surface area contributed by atoms with E-state index in [9.17, 15) is 9.18 Å². The van der Waals surface area contributed by atoms with Crippen molar-refractivity contribution < 1.29 is 23.8 Å². The molecule has 118 valence electrons. The molecule has 0 unspecified atom stereocenters. The molecule has 0 radical (unpaired) electrons. The number of carbonyl (C=O) groups excluding carboxylic acids is 1. The van der Waals surface area contributed by atoms with Crippen molar-refractivity contribution in [3.8, 4) is 5.75 Å². The number of hydrogen-bond acceptors (Lipinski definition) is 4. The Kier molecular flexibility index (Phi) is 5.96. The van der Waals surface area contributed by atoms with Gasteiger partial charge in [-0.15, -0.1) is 0 Å². The highest BCUT2D eigenvalue weighted by Crippen LogP contribution is 2.19. The van der Waals surface area contributed by atoms with E-state index in [0.717, 1.165) is 0 Å². The molecule has 1 aromatic carbocycles. The van der Waals surface area contributed by atoms with Crippen molar-refractivity contribution in [2.45, 2.75) is 45.9 Å². The Balaban J connectivity index is 2.50. The van der Waals surface area contributed by atoms with Crippen molar-refractivity contribution in [3.63, 3.8) is 0 Å². The number of nitrogens with one attached hydrogen (secondary N) is 1. The van der Waals surface area contributed by atoms with Gasteiger partial charge in [0, 0.05) is 5.56 Å². The van der Waals surface area contributed by atoms with Gasteiger partial charge in [0.05, 0.1) is 12.6 Å². The Bertz CT molecular complexity index is 485. The van der Waals surface area contributed by atoms with Crippen LogP contribution >= 0.6 is 0 Å². The van der Waals surface area contributed by atoms with Crippen LogP contribution in [-0.2, 0) is 11.3 Å². The van der Waals surface area contributed by atoms with Gasteiger partial charge in [0.15, 0.2) is 0 Å². The topological polar surface area (TPSA) is 67.8 Å². The largest absolute Gasteiger partial charge is 0.491 e. The lowest BCUT2D eigenvalue weighted by molar-refractivity contribution is 0.0493. The number of aliphatic hydroxyl groups is 1. The molecule has 0 fully saturated rings. The second-order valence-electron chi connectivity index (χ2n) is 5.77. The average molecular weight is 299 g/mol. The summed E-state index contributed by atoms with van der Waals surface area (Å²) in [5.41, 5.74) is -0.203. The Morgan fingerprint density at radius 3 is 2.67 bits per heavy atom. The van der Waals surface area contributed by atoms with Crippen LogP contribution in [0, 0.1) is 5.82 Å². The first-order valence-corrected chi connectivity index (χ1v) is 6.73. The van der Waals surface area contributed by atoms with Gasteiger partial charge < -0.3 is 19.9 Å². The third-order valence-corrected chi connectivity index (χ3v) is 2.44. The second-order valence-corrected chi connectivity index (χ2v) is 5.77. The zero-order valence-electron chi connectivity index (χ0n) is 12.8. The number of benzene rings is 1. The SMILES string of the molecule is C[C@H](COc1ccc(F)cc1CO)NC(=O)OC(C)(C)C. The highest BCUT2D eigenvalue weighted by atomic mass is 19.1. The molecule has 0 saturated heterocycles. The van der Waals surface area contributed by atoms with E-state index >= 15 is 0 Å². The van der Waals surface area contributed by atoms with Gasteiger partial charge >= 0.3 is 6.09 Å². The fourth-order valence-electron chi connectivity index (χ4n) is 1.58. The molecule has 0 aromatic heterocycles. The van der Waals surface area contributed by atoms with Crippen LogP contribution in [0.1, 0.15) is 33.3 Å². The summed E-state index contributed by atoms with van der Waals surface area (Å²) in [5, 5.41) is 11.8. The summed E-state index contributed by atoms with van der Waals surface area (Å²) in [4.78, 5) is 11.6. The van der Waals surface area contributed by atoms with E-state index in [2.05, 4.69) is 5.32 Å². The minimum absolute atomic E-state index is 0.178. The van der Waals surface area contributed by atoms with Gasteiger partial charge in [-0.05, 0) is 45.9 Å². The van der Waals surface area contributed by atoms with Crippen molar-refractivity contribution in [3.05, 3.63) is 29.6 Å². The van der Waals surface area contributed by atoms with Gasteiger partial charge in [-0.1, -0.05) is 0 Å². The van der Waals surface area contributed by atoms with E-state index in [4.69, 9.17) is 14.6 Å². The first kappa shape index (κ1) is 17.2. The number of alkyl carbamates (subject to hydrolysis) is 1. The van der Waals surface area contributed by atoms with E-state index in [0.29, 0.717) is 11.3 Å². The molecule has 0 aliphatic carbocycles. The van der Waals surface area contributed by atoms with Gasteiger partial charge in [-0.3, -0.25) is 0 Å². The van der Waals surface area contributed by atoms with Crippen LogP contribution in [0.15, 0.2) is 18.2 Å². The summed E-state index contributed by atoms with van der Waals surface area (Å²) in [6, 6.07) is 3.61. The molecule has 0 heterocycles. The zero-order chi connectivity index (χ0) is 16.0. The summed E-state index contributed by atoms with van der Waals surface area (Å²) in [7, 11) is 0. The molecule has 2 N–H and O–H groups in total. The van der Waals surface area contributed by atoms with Gasteiger partial charge in [0.2, 0.25) is 0 Å². The third kappa shape index (κ3) is 6.44.